The lowest BCUT2D eigenvalue weighted by Gasteiger charge is -2.56. The van der Waals surface area contributed by atoms with E-state index in [0.717, 1.165) is 43.3 Å². The van der Waals surface area contributed by atoms with E-state index >= 15 is 0 Å². The molecule has 3 heteroatoms. The van der Waals surface area contributed by atoms with E-state index in [4.69, 9.17) is 10.7 Å². The fraction of sp³-hybridized carbons (Fsp3) is 0.938. The van der Waals surface area contributed by atoms with E-state index in [9.17, 15) is 0 Å². The molecule has 4 aliphatic carbocycles. The van der Waals surface area contributed by atoms with Crippen LogP contribution in [0.1, 0.15) is 52.4 Å². The molecule has 0 spiro atoms. The molecular weight excluding hydrogens is 234 g/mol. The zero-order valence-corrected chi connectivity index (χ0v) is 12.6. The quantitative estimate of drug-likeness (QED) is 0.626. The van der Waals surface area contributed by atoms with E-state index in [1.54, 1.807) is 0 Å². The number of nitrogens with zero attached hydrogens (tertiary/aromatic N) is 2. The van der Waals surface area contributed by atoms with Crippen molar-refractivity contribution in [3.63, 3.8) is 0 Å². The van der Waals surface area contributed by atoms with Crippen LogP contribution in [-0.2, 0) is 0 Å². The summed E-state index contributed by atoms with van der Waals surface area (Å²) < 4.78 is 0. The van der Waals surface area contributed by atoms with Gasteiger partial charge in [0, 0.05) is 19.6 Å². The molecule has 4 saturated carbocycles. The highest BCUT2D eigenvalue weighted by molar-refractivity contribution is 5.78. The van der Waals surface area contributed by atoms with Gasteiger partial charge in [0.25, 0.3) is 0 Å². The van der Waals surface area contributed by atoms with Crippen LogP contribution in [0.2, 0.25) is 0 Å². The van der Waals surface area contributed by atoms with Gasteiger partial charge in [-0.05, 0) is 75.5 Å². The van der Waals surface area contributed by atoms with Crippen molar-refractivity contribution in [2.45, 2.75) is 52.4 Å². The molecule has 108 valence electrons. The average molecular weight is 263 g/mol. The van der Waals surface area contributed by atoms with Gasteiger partial charge in [-0.1, -0.05) is 0 Å². The first-order chi connectivity index (χ1) is 9.14. The summed E-state index contributed by atoms with van der Waals surface area (Å²) in [5.74, 6) is 3.80. The number of aliphatic imine (C=N–C) groups is 1. The Morgan fingerprint density at radius 2 is 1.53 bits per heavy atom. The Morgan fingerprint density at radius 1 is 1.05 bits per heavy atom. The van der Waals surface area contributed by atoms with Gasteiger partial charge in [-0.25, -0.2) is 0 Å². The predicted octanol–water partition coefficient (Wildman–Crippen LogP) is 2.86. The monoisotopic (exact) mass is 263 g/mol. The minimum atomic E-state index is 0.520. The van der Waals surface area contributed by atoms with Crippen molar-refractivity contribution in [3.8, 4) is 0 Å². The molecule has 2 N–H and O–H groups in total. The van der Waals surface area contributed by atoms with Crippen LogP contribution >= 0.6 is 0 Å². The minimum absolute atomic E-state index is 0.520. The van der Waals surface area contributed by atoms with Crippen molar-refractivity contribution in [3.05, 3.63) is 0 Å². The maximum atomic E-state index is 6.14. The topological polar surface area (TPSA) is 41.6 Å². The first-order valence-electron chi connectivity index (χ1n) is 8.19. The molecule has 0 atom stereocenters. The third kappa shape index (κ3) is 2.48. The Morgan fingerprint density at radius 3 is 1.95 bits per heavy atom. The second-order valence-electron chi connectivity index (χ2n) is 7.26. The number of guanidine groups is 1. The molecule has 0 aromatic heterocycles. The van der Waals surface area contributed by atoms with Gasteiger partial charge in [0.15, 0.2) is 5.96 Å². The number of hydrogen-bond acceptors (Lipinski definition) is 1. The van der Waals surface area contributed by atoms with Crippen LogP contribution in [-0.4, -0.2) is 30.5 Å². The van der Waals surface area contributed by atoms with E-state index < -0.39 is 0 Å². The first-order valence-corrected chi connectivity index (χ1v) is 8.19. The van der Waals surface area contributed by atoms with Gasteiger partial charge in [-0.3, -0.25) is 4.99 Å². The molecule has 19 heavy (non-hydrogen) atoms. The third-order valence-corrected chi connectivity index (χ3v) is 5.83. The van der Waals surface area contributed by atoms with Gasteiger partial charge in [0.1, 0.15) is 0 Å². The summed E-state index contributed by atoms with van der Waals surface area (Å²) in [5.41, 5.74) is 6.66. The SMILES string of the molecule is CCN(CC)C(N)=NCC12CC3CC(CC(C3)C1)C2. The Kier molecular flexibility index (Phi) is 3.48. The van der Waals surface area contributed by atoms with E-state index in [2.05, 4.69) is 18.7 Å². The highest BCUT2D eigenvalue weighted by atomic mass is 15.2. The summed E-state index contributed by atoms with van der Waals surface area (Å²) >= 11 is 0. The van der Waals surface area contributed by atoms with Crippen molar-refractivity contribution < 1.29 is 0 Å². The summed E-state index contributed by atoms with van der Waals surface area (Å²) in [6, 6.07) is 0. The van der Waals surface area contributed by atoms with Crippen LogP contribution < -0.4 is 5.73 Å². The van der Waals surface area contributed by atoms with Crippen molar-refractivity contribution in [1.29, 1.82) is 0 Å². The fourth-order valence-corrected chi connectivity index (χ4v) is 5.38. The fourth-order valence-electron chi connectivity index (χ4n) is 5.38. The Bertz CT molecular complexity index is 322. The van der Waals surface area contributed by atoms with E-state index in [1.165, 1.54) is 38.5 Å². The van der Waals surface area contributed by atoms with E-state index in [0.29, 0.717) is 5.41 Å². The molecule has 0 radical (unpaired) electrons. The highest BCUT2D eigenvalue weighted by Gasteiger charge is 2.50. The zero-order chi connectivity index (χ0) is 13.5. The van der Waals surface area contributed by atoms with Crippen LogP contribution in [0.5, 0.6) is 0 Å². The molecule has 3 nitrogen and oxygen atoms in total. The summed E-state index contributed by atoms with van der Waals surface area (Å²) in [7, 11) is 0. The summed E-state index contributed by atoms with van der Waals surface area (Å²) in [4.78, 5) is 6.94. The van der Waals surface area contributed by atoms with Gasteiger partial charge >= 0.3 is 0 Å². The normalized spacial score (nSPS) is 40.7. The lowest BCUT2D eigenvalue weighted by atomic mass is 9.49. The molecule has 4 aliphatic rings. The van der Waals surface area contributed by atoms with Crippen molar-refractivity contribution in [2.75, 3.05) is 19.6 Å². The average Bonchev–Trinajstić information content (AvgIpc) is 2.36. The maximum absolute atomic E-state index is 6.14. The minimum Gasteiger partial charge on any atom is -0.370 e. The standard InChI is InChI=1S/C16H29N3/c1-3-19(4-2)15(17)18-11-16-8-12-5-13(9-16)7-14(6-12)10-16/h12-14H,3-11H2,1-2H3,(H2,17,18). The zero-order valence-electron chi connectivity index (χ0n) is 12.6. The summed E-state index contributed by atoms with van der Waals surface area (Å²) in [6.07, 6.45) is 8.80. The van der Waals surface area contributed by atoms with Gasteiger partial charge < -0.3 is 10.6 Å². The van der Waals surface area contributed by atoms with Crippen LogP contribution in [0.25, 0.3) is 0 Å². The second-order valence-corrected chi connectivity index (χ2v) is 7.26. The van der Waals surface area contributed by atoms with Crippen LogP contribution in [0.4, 0.5) is 0 Å². The molecule has 0 heterocycles. The van der Waals surface area contributed by atoms with Gasteiger partial charge in [0.2, 0.25) is 0 Å². The van der Waals surface area contributed by atoms with Gasteiger partial charge in [-0.2, -0.15) is 0 Å². The lowest BCUT2D eigenvalue weighted by molar-refractivity contribution is -0.0466. The maximum Gasteiger partial charge on any atom is 0.191 e. The van der Waals surface area contributed by atoms with Gasteiger partial charge in [0.05, 0.1) is 0 Å². The lowest BCUT2D eigenvalue weighted by Crippen LogP contribution is -2.48. The Labute approximate surface area is 117 Å². The second kappa shape index (κ2) is 4.99. The van der Waals surface area contributed by atoms with Crippen molar-refractivity contribution >= 4 is 5.96 Å². The number of rotatable bonds is 4. The van der Waals surface area contributed by atoms with Crippen molar-refractivity contribution in [1.82, 2.24) is 4.90 Å². The highest BCUT2D eigenvalue weighted by Crippen LogP contribution is 2.60. The smallest absolute Gasteiger partial charge is 0.191 e. The van der Waals surface area contributed by atoms with Crippen LogP contribution in [0, 0.1) is 23.2 Å². The Hall–Kier alpha value is -0.730. The van der Waals surface area contributed by atoms with Crippen LogP contribution in [0.3, 0.4) is 0 Å². The Balaban J connectivity index is 1.68. The van der Waals surface area contributed by atoms with Crippen LogP contribution in [0.15, 0.2) is 4.99 Å². The molecule has 0 aromatic carbocycles. The molecule has 0 saturated heterocycles. The summed E-state index contributed by atoms with van der Waals surface area (Å²) in [5, 5.41) is 0. The molecule has 0 unspecified atom stereocenters. The molecule has 0 aliphatic heterocycles. The third-order valence-electron chi connectivity index (χ3n) is 5.83. The van der Waals surface area contributed by atoms with Crippen molar-refractivity contribution in [2.24, 2.45) is 33.9 Å². The molecule has 4 rings (SSSR count). The molecular formula is C16H29N3. The van der Waals surface area contributed by atoms with E-state index in [1.807, 2.05) is 0 Å². The summed E-state index contributed by atoms with van der Waals surface area (Å²) in [6.45, 7) is 7.21. The van der Waals surface area contributed by atoms with E-state index in [-0.39, 0.29) is 0 Å². The molecule has 0 amide bonds. The first kappa shape index (κ1) is 13.3. The molecule has 4 bridgehead atoms. The number of nitrogens with two attached hydrogens (primary N) is 1. The largest absolute Gasteiger partial charge is 0.370 e. The molecule has 4 fully saturated rings. The number of hydrogen-bond donors (Lipinski definition) is 1. The predicted molar refractivity (Wildman–Crippen MR) is 80.0 cm³/mol. The van der Waals surface area contributed by atoms with Gasteiger partial charge in [-0.15, -0.1) is 0 Å². The molecule has 0 aromatic rings.